The molecule has 1 aliphatic carbocycles. The first kappa shape index (κ1) is 15.8. The minimum atomic E-state index is -0.145. The predicted octanol–water partition coefficient (Wildman–Crippen LogP) is 4.30. The summed E-state index contributed by atoms with van der Waals surface area (Å²) in [6, 6.07) is 8.29. The fourth-order valence-corrected chi connectivity index (χ4v) is 3.38. The minimum absolute atomic E-state index is 0.139. The quantitative estimate of drug-likeness (QED) is 0.761. The Hall–Kier alpha value is -0.570. The third-order valence-corrected chi connectivity index (χ3v) is 5.07. The van der Waals surface area contributed by atoms with Gasteiger partial charge in [-0.15, -0.1) is 0 Å². The van der Waals surface area contributed by atoms with Gasteiger partial charge in [-0.2, -0.15) is 0 Å². The first-order chi connectivity index (χ1) is 9.52. The highest BCUT2D eigenvalue weighted by molar-refractivity contribution is 6.30. The van der Waals surface area contributed by atoms with E-state index in [9.17, 15) is 0 Å². The molecule has 2 nitrogen and oxygen atoms in total. The van der Waals surface area contributed by atoms with E-state index in [1.165, 1.54) is 24.8 Å². The zero-order chi connectivity index (χ0) is 14.6. The lowest BCUT2D eigenvalue weighted by Crippen LogP contribution is -2.54. The molecule has 1 aromatic rings. The average Bonchev–Trinajstić information content (AvgIpc) is 2.35. The second-order valence-electron chi connectivity index (χ2n) is 6.30. The van der Waals surface area contributed by atoms with Crippen LogP contribution in [0.2, 0.25) is 5.02 Å². The third kappa shape index (κ3) is 3.03. The molecule has 2 N–H and O–H groups in total. The first-order valence-electron chi connectivity index (χ1n) is 7.62. The smallest absolute Gasteiger partial charge is 0.0722 e. The number of rotatable bonds is 7. The van der Waals surface area contributed by atoms with Gasteiger partial charge in [-0.05, 0) is 63.8 Å². The molecule has 0 aliphatic heterocycles. The topological polar surface area (TPSA) is 35.2 Å². The van der Waals surface area contributed by atoms with Crippen molar-refractivity contribution in [2.75, 3.05) is 13.2 Å². The summed E-state index contributed by atoms with van der Waals surface area (Å²) in [6.07, 6.45) is 5.73. The number of unbranched alkanes of at least 4 members (excludes halogenated alkanes) is 1. The van der Waals surface area contributed by atoms with E-state index in [-0.39, 0.29) is 11.0 Å². The van der Waals surface area contributed by atoms with E-state index in [0.717, 1.165) is 31.0 Å². The zero-order valence-electron chi connectivity index (χ0n) is 12.6. The maximum Gasteiger partial charge on any atom is 0.0722 e. The van der Waals surface area contributed by atoms with Gasteiger partial charge in [-0.1, -0.05) is 30.2 Å². The molecule has 2 rings (SSSR count). The van der Waals surface area contributed by atoms with Gasteiger partial charge in [0.1, 0.15) is 0 Å². The summed E-state index contributed by atoms with van der Waals surface area (Å²) in [5.74, 6) is 0. The van der Waals surface area contributed by atoms with Crippen molar-refractivity contribution >= 4 is 11.6 Å². The third-order valence-electron chi connectivity index (χ3n) is 4.82. The summed E-state index contributed by atoms with van der Waals surface area (Å²) in [4.78, 5) is 0. The fraction of sp³-hybridized carbons (Fsp3) is 0.647. The Bertz CT molecular complexity index is 423. The zero-order valence-corrected chi connectivity index (χ0v) is 13.4. The second kappa shape index (κ2) is 6.46. The second-order valence-corrected chi connectivity index (χ2v) is 6.73. The summed E-state index contributed by atoms with van der Waals surface area (Å²) < 4.78 is 6.23. The lowest BCUT2D eigenvalue weighted by atomic mass is 9.56. The van der Waals surface area contributed by atoms with Crippen LogP contribution < -0.4 is 5.73 Å². The van der Waals surface area contributed by atoms with Gasteiger partial charge in [0.2, 0.25) is 0 Å². The largest absolute Gasteiger partial charge is 0.375 e. The van der Waals surface area contributed by atoms with Crippen LogP contribution in [-0.2, 0) is 10.2 Å². The maximum atomic E-state index is 6.23. The van der Waals surface area contributed by atoms with Crippen molar-refractivity contribution in [2.45, 2.75) is 57.0 Å². The van der Waals surface area contributed by atoms with E-state index in [0.29, 0.717) is 0 Å². The Morgan fingerprint density at radius 1 is 1.20 bits per heavy atom. The van der Waals surface area contributed by atoms with E-state index in [2.05, 4.69) is 26.0 Å². The van der Waals surface area contributed by atoms with Crippen molar-refractivity contribution < 1.29 is 4.74 Å². The normalized spacial score (nSPS) is 17.8. The number of benzene rings is 1. The number of nitrogens with two attached hydrogens (primary N) is 1. The molecule has 0 radical (unpaired) electrons. The van der Waals surface area contributed by atoms with Crippen molar-refractivity contribution in [3.05, 3.63) is 34.9 Å². The minimum Gasteiger partial charge on any atom is -0.375 e. The van der Waals surface area contributed by atoms with Crippen LogP contribution in [0.25, 0.3) is 0 Å². The molecule has 0 amide bonds. The van der Waals surface area contributed by atoms with Gasteiger partial charge in [0.25, 0.3) is 0 Å². The first-order valence-corrected chi connectivity index (χ1v) is 8.00. The molecule has 112 valence electrons. The highest BCUT2D eigenvalue weighted by Gasteiger charge is 2.51. The Kier molecular flexibility index (Phi) is 5.11. The van der Waals surface area contributed by atoms with Crippen LogP contribution in [0.4, 0.5) is 0 Å². The highest BCUT2D eigenvalue weighted by atomic mass is 35.5. The molecular formula is C17H26ClNO. The van der Waals surface area contributed by atoms with Gasteiger partial charge in [-0.3, -0.25) is 0 Å². The fourth-order valence-electron chi connectivity index (χ4n) is 3.25. The Balaban J connectivity index is 2.10. The Labute approximate surface area is 127 Å². The highest BCUT2D eigenvalue weighted by Crippen LogP contribution is 2.52. The van der Waals surface area contributed by atoms with Gasteiger partial charge in [0.15, 0.2) is 0 Å². The average molecular weight is 296 g/mol. The van der Waals surface area contributed by atoms with Gasteiger partial charge in [0.05, 0.1) is 5.60 Å². The van der Waals surface area contributed by atoms with Gasteiger partial charge < -0.3 is 10.5 Å². The van der Waals surface area contributed by atoms with Crippen molar-refractivity contribution in [3.8, 4) is 0 Å². The maximum absolute atomic E-state index is 6.23. The number of hydrogen-bond acceptors (Lipinski definition) is 2. The van der Waals surface area contributed by atoms with Crippen molar-refractivity contribution in [1.29, 1.82) is 0 Å². The van der Waals surface area contributed by atoms with Gasteiger partial charge in [0, 0.05) is 17.0 Å². The summed E-state index contributed by atoms with van der Waals surface area (Å²) in [7, 11) is 0. The van der Waals surface area contributed by atoms with Crippen LogP contribution >= 0.6 is 11.6 Å². The molecule has 0 spiro atoms. The standard InChI is InChI=1S/C17H26ClNO/c1-16(2,20-13-4-3-12-19)17(10-5-11-17)14-6-8-15(18)9-7-14/h6-9H,3-5,10-13,19H2,1-2H3. The van der Waals surface area contributed by atoms with Crippen molar-refractivity contribution in [2.24, 2.45) is 5.73 Å². The lowest BCUT2D eigenvalue weighted by Gasteiger charge is -2.53. The summed E-state index contributed by atoms with van der Waals surface area (Å²) in [5.41, 5.74) is 6.89. The lowest BCUT2D eigenvalue weighted by molar-refractivity contribution is -0.105. The molecule has 1 aliphatic rings. The predicted molar refractivity (Wildman–Crippen MR) is 85.3 cm³/mol. The number of halogens is 1. The summed E-state index contributed by atoms with van der Waals surface area (Å²) >= 11 is 6.01. The molecule has 0 heterocycles. The summed E-state index contributed by atoms with van der Waals surface area (Å²) in [5, 5.41) is 0.796. The van der Waals surface area contributed by atoms with E-state index in [1.807, 2.05) is 12.1 Å². The molecule has 1 fully saturated rings. The molecule has 0 atom stereocenters. The van der Waals surface area contributed by atoms with Gasteiger partial charge >= 0.3 is 0 Å². The van der Waals surface area contributed by atoms with Crippen LogP contribution in [0.5, 0.6) is 0 Å². The molecule has 20 heavy (non-hydrogen) atoms. The van der Waals surface area contributed by atoms with Crippen LogP contribution in [0.15, 0.2) is 24.3 Å². The number of ether oxygens (including phenoxy) is 1. The monoisotopic (exact) mass is 295 g/mol. The molecule has 0 saturated heterocycles. The van der Waals surface area contributed by atoms with Crippen LogP contribution in [0.3, 0.4) is 0 Å². The van der Waals surface area contributed by atoms with Crippen LogP contribution in [0.1, 0.15) is 51.5 Å². The SMILES string of the molecule is CC(C)(OCCCCN)C1(c2ccc(Cl)cc2)CCC1. The van der Waals surface area contributed by atoms with Crippen molar-refractivity contribution in [3.63, 3.8) is 0 Å². The molecule has 0 aromatic heterocycles. The number of hydrogen-bond donors (Lipinski definition) is 1. The molecular weight excluding hydrogens is 270 g/mol. The Morgan fingerprint density at radius 3 is 2.35 bits per heavy atom. The Morgan fingerprint density at radius 2 is 1.85 bits per heavy atom. The molecule has 1 saturated carbocycles. The molecule has 0 bridgehead atoms. The molecule has 1 aromatic carbocycles. The molecule has 3 heteroatoms. The summed E-state index contributed by atoms with van der Waals surface area (Å²) in [6.45, 7) is 5.98. The molecule has 0 unspecified atom stereocenters. The van der Waals surface area contributed by atoms with E-state index in [4.69, 9.17) is 22.1 Å². The van der Waals surface area contributed by atoms with Gasteiger partial charge in [-0.25, -0.2) is 0 Å². The van der Waals surface area contributed by atoms with Crippen LogP contribution in [-0.4, -0.2) is 18.8 Å². The van der Waals surface area contributed by atoms with Crippen molar-refractivity contribution in [1.82, 2.24) is 0 Å². The van der Waals surface area contributed by atoms with E-state index < -0.39 is 0 Å². The van der Waals surface area contributed by atoms with E-state index >= 15 is 0 Å². The van der Waals surface area contributed by atoms with E-state index in [1.54, 1.807) is 0 Å². The van der Waals surface area contributed by atoms with Crippen LogP contribution in [0, 0.1) is 0 Å².